The summed E-state index contributed by atoms with van der Waals surface area (Å²) in [5.74, 6) is -2.59. The van der Waals surface area contributed by atoms with Crippen molar-refractivity contribution in [2.45, 2.75) is 64.6 Å². The number of carbonyl (C=O) groups excluding carboxylic acids is 1. The number of ether oxygens (including phenoxy) is 1. The molecule has 2 unspecified atom stereocenters. The number of carboxylic acids is 2. The molecule has 0 aliphatic carbocycles. The maximum atomic E-state index is 13.6. The Labute approximate surface area is 358 Å². The summed E-state index contributed by atoms with van der Waals surface area (Å²) in [6.45, 7) is 16.4. The molecule has 0 aliphatic rings. The molecule has 2 atom stereocenters. The number of alkyl carbamates (subject to hydrolysis) is 1. The molecule has 2 aromatic rings. The van der Waals surface area contributed by atoms with Crippen LogP contribution in [0.3, 0.4) is 0 Å². The lowest BCUT2D eigenvalue weighted by atomic mass is 10.0. The summed E-state index contributed by atoms with van der Waals surface area (Å²) in [6.07, 6.45) is 4.38. The van der Waals surface area contributed by atoms with E-state index >= 15 is 0 Å². The van der Waals surface area contributed by atoms with E-state index in [9.17, 15) is 37.4 Å². The molecular weight excluding hydrogens is 879 g/mol. The number of amides is 1. The van der Waals surface area contributed by atoms with Crippen LogP contribution in [0, 0.1) is 0 Å². The smallest absolute Gasteiger partial charge is 0.480 e. The molecule has 5 N–H and O–H groups in total. The molecule has 0 spiro atoms. The average molecular weight is 932 g/mol. The Kier molecular flexibility index (Phi) is 27.2. The maximum absolute atomic E-state index is 13.6. The summed E-state index contributed by atoms with van der Waals surface area (Å²) >= 11 is 9.53. The Morgan fingerprint density at radius 1 is 0.750 bits per heavy atom. The first kappa shape index (κ1) is 55.9. The monoisotopic (exact) mass is 930 g/mol. The highest BCUT2D eigenvalue weighted by molar-refractivity contribution is 7.49. The Morgan fingerprint density at radius 3 is 1.42 bits per heavy atom. The minimum absolute atomic E-state index is 0.00598. The number of carbonyl (C=O) groups is 3. The number of aliphatic carboxylic acids is 2. The van der Waals surface area contributed by atoms with Gasteiger partial charge >= 0.3 is 33.7 Å². The summed E-state index contributed by atoms with van der Waals surface area (Å²) in [6, 6.07) is 5.93. The van der Waals surface area contributed by atoms with Crippen molar-refractivity contribution < 1.29 is 74.4 Å². The van der Waals surface area contributed by atoms with Crippen molar-refractivity contribution >= 4 is 56.9 Å². The molecule has 60 heavy (non-hydrogen) atoms. The number of halogens is 4. The fourth-order valence-corrected chi connectivity index (χ4v) is 6.48. The van der Waals surface area contributed by atoms with Crippen LogP contribution in [0.15, 0.2) is 87.0 Å². The standard InChI is InChI=1S/C21H29FNO8P.C16H21FNO6P.CH2Cl2/c1-6-10-28-32(27,29-11-7-2)31-18-9-8-15(12-16(18)14-22)13-17(19(24)25)23-20(26)30-21(3,4)5;1-3-7-22-25(21,23-8-4-2)24-15-6-5-12(9-13(15)11-17)10-14(18)16(19)20;2-1-3/h6-9,12,17H,1-2,10-11,13-14H2,3-5H3,(H,23,26)(H,24,25);3-6,9,14H,1-2,7-8,10-11,18H2,(H,19,20);1H2. The first-order chi connectivity index (χ1) is 28.2. The van der Waals surface area contributed by atoms with Crippen molar-refractivity contribution in [3.8, 4) is 11.5 Å². The lowest BCUT2D eigenvalue weighted by Gasteiger charge is -2.22. The van der Waals surface area contributed by atoms with Gasteiger partial charge in [0.15, 0.2) is 0 Å². The van der Waals surface area contributed by atoms with Gasteiger partial charge in [0, 0.05) is 17.5 Å². The number of nitrogens with two attached hydrogens (primary N) is 1. The zero-order chi connectivity index (χ0) is 45.9. The van der Waals surface area contributed by atoms with Crippen LogP contribution in [0.4, 0.5) is 13.6 Å². The van der Waals surface area contributed by atoms with Crippen molar-refractivity contribution in [3.63, 3.8) is 0 Å². The van der Waals surface area contributed by atoms with Crippen LogP contribution in [0.25, 0.3) is 0 Å². The lowest BCUT2D eigenvalue weighted by Crippen LogP contribution is -2.44. The van der Waals surface area contributed by atoms with Crippen LogP contribution in [-0.4, -0.2) is 77.7 Å². The highest BCUT2D eigenvalue weighted by Gasteiger charge is 2.31. The Balaban J connectivity index is 0.00000112. The summed E-state index contributed by atoms with van der Waals surface area (Å²) in [5, 5.41) is 20.7. The van der Waals surface area contributed by atoms with Crippen LogP contribution in [0.2, 0.25) is 0 Å². The number of benzene rings is 2. The molecule has 16 nitrogen and oxygen atoms in total. The van der Waals surface area contributed by atoms with E-state index in [1.807, 2.05) is 0 Å². The van der Waals surface area contributed by atoms with E-state index in [2.05, 4.69) is 31.6 Å². The third-order valence-corrected chi connectivity index (χ3v) is 9.26. The first-order valence-electron chi connectivity index (χ1n) is 17.5. The van der Waals surface area contributed by atoms with E-state index < -0.39 is 64.7 Å². The van der Waals surface area contributed by atoms with Crippen molar-refractivity contribution in [2.75, 3.05) is 31.8 Å². The van der Waals surface area contributed by atoms with Gasteiger partial charge in [-0.25, -0.2) is 27.5 Å². The predicted octanol–water partition coefficient (Wildman–Crippen LogP) is 8.99. The number of nitrogens with one attached hydrogen (secondary N) is 1. The summed E-state index contributed by atoms with van der Waals surface area (Å²) in [4.78, 5) is 34.3. The molecule has 0 aromatic heterocycles. The quantitative estimate of drug-likeness (QED) is 0.0414. The average Bonchev–Trinajstić information content (AvgIpc) is 3.18. The van der Waals surface area contributed by atoms with Crippen molar-refractivity contribution in [1.29, 1.82) is 0 Å². The second-order valence-corrected chi connectivity index (χ2v) is 16.6. The maximum Gasteiger partial charge on any atom is 0.530 e. The van der Waals surface area contributed by atoms with Gasteiger partial charge in [-0.3, -0.25) is 22.9 Å². The van der Waals surface area contributed by atoms with Gasteiger partial charge in [-0.2, -0.15) is 0 Å². The van der Waals surface area contributed by atoms with Crippen LogP contribution in [0.1, 0.15) is 43.0 Å². The number of phosphoric ester groups is 2. The molecule has 2 aromatic carbocycles. The number of rotatable bonds is 25. The molecule has 1 amide bonds. The van der Waals surface area contributed by atoms with Gasteiger partial charge in [-0.15, -0.1) is 49.5 Å². The molecule has 0 heterocycles. The molecule has 0 bridgehead atoms. The van der Waals surface area contributed by atoms with E-state index in [0.717, 1.165) is 0 Å². The van der Waals surface area contributed by atoms with Crippen LogP contribution >= 0.6 is 38.8 Å². The van der Waals surface area contributed by atoms with Crippen molar-refractivity contribution in [3.05, 3.63) is 109 Å². The third kappa shape index (κ3) is 23.1. The molecule has 0 aliphatic heterocycles. The highest BCUT2D eigenvalue weighted by Crippen LogP contribution is 2.51. The number of alkyl halides is 4. The number of hydrogen-bond acceptors (Lipinski definition) is 13. The Hall–Kier alpha value is -4.09. The Morgan fingerprint density at radius 2 is 1.12 bits per heavy atom. The molecule has 0 fully saturated rings. The fraction of sp³-hybridized carbons (Fsp3) is 0.395. The van der Waals surface area contributed by atoms with Crippen LogP contribution < -0.4 is 20.1 Å². The van der Waals surface area contributed by atoms with Crippen LogP contribution in [0.5, 0.6) is 11.5 Å². The minimum Gasteiger partial charge on any atom is -0.480 e. The molecule has 336 valence electrons. The molecular formula is C38H52Cl2F2N2O14P2. The van der Waals surface area contributed by atoms with Crippen molar-refractivity contribution in [1.82, 2.24) is 5.32 Å². The van der Waals surface area contributed by atoms with Gasteiger partial charge in [0.2, 0.25) is 0 Å². The third-order valence-electron chi connectivity index (χ3n) is 6.56. The Bertz CT molecular complexity index is 1780. The van der Waals surface area contributed by atoms with Crippen LogP contribution in [-0.2, 0) is 67.7 Å². The van der Waals surface area contributed by atoms with E-state index in [-0.39, 0.29) is 67.2 Å². The topological polar surface area (TPSA) is 228 Å². The number of carboxylic acid groups (broad SMARTS) is 2. The SMILES string of the molecule is C=CCOP(=O)(OCC=C)Oc1ccc(CC(N)C(=O)O)cc1CF.C=CCOP(=O)(OCC=C)Oc1ccc(CC(NC(=O)OC(C)(C)C)C(=O)O)cc1CF.ClCCl. The molecule has 22 heteroatoms. The van der Waals surface area contributed by atoms with Gasteiger partial charge in [-0.1, -0.05) is 36.4 Å². The van der Waals surface area contributed by atoms with Gasteiger partial charge in [-0.05, 0) is 62.6 Å². The molecule has 2 rings (SSSR count). The summed E-state index contributed by atoms with van der Waals surface area (Å²) in [7, 11) is -8.09. The van der Waals surface area contributed by atoms with Gasteiger partial charge in [0.05, 0.1) is 31.8 Å². The minimum atomic E-state index is -4.09. The summed E-state index contributed by atoms with van der Waals surface area (Å²) in [5.41, 5.74) is 5.62. The van der Waals surface area contributed by atoms with Gasteiger partial charge in [0.1, 0.15) is 42.5 Å². The second kappa shape index (κ2) is 29.2. The lowest BCUT2D eigenvalue weighted by molar-refractivity contribution is -0.140. The number of hydrogen-bond donors (Lipinski definition) is 4. The van der Waals surface area contributed by atoms with E-state index in [1.165, 1.54) is 60.7 Å². The van der Waals surface area contributed by atoms with Crippen molar-refractivity contribution in [2.24, 2.45) is 5.73 Å². The van der Waals surface area contributed by atoms with E-state index in [4.69, 9.17) is 65.9 Å². The number of phosphoric acid groups is 2. The van der Waals surface area contributed by atoms with E-state index in [0.29, 0.717) is 11.1 Å². The second-order valence-electron chi connectivity index (χ2n) is 12.6. The molecule has 0 saturated carbocycles. The zero-order valence-corrected chi connectivity index (χ0v) is 36.7. The molecule has 0 radical (unpaired) electrons. The fourth-order valence-electron chi connectivity index (χ4n) is 4.13. The highest BCUT2D eigenvalue weighted by atomic mass is 35.5. The summed E-state index contributed by atoms with van der Waals surface area (Å²) < 4.78 is 88.1. The van der Waals surface area contributed by atoms with Gasteiger partial charge in [0.25, 0.3) is 0 Å². The first-order valence-corrected chi connectivity index (χ1v) is 21.5. The largest absolute Gasteiger partial charge is 0.530 e. The normalized spacial score (nSPS) is 12.1. The van der Waals surface area contributed by atoms with E-state index in [1.54, 1.807) is 20.8 Å². The zero-order valence-electron chi connectivity index (χ0n) is 33.4. The molecule has 0 saturated heterocycles. The predicted molar refractivity (Wildman–Crippen MR) is 224 cm³/mol. The van der Waals surface area contributed by atoms with Gasteiger partial charge < -0.3 is 35.0 Å².